The highest BCUT2D eigenvalue weighted by Crippen LogP contribution is 2.55. The molecule has 0 aromatic heterocycles. The number of aromatic hydroxyl groups is 6. The second-order valence-corrected chi connectivity index (χ2v) is 10.0. The van der Waals surface area contributed by atoms with Gasteiger partial charge in [0.25, 0.3) is 0 Å². The summed E-state index contributed by atoms with van der Waals surface area (Å²) in [4.78, 5) is 0. The summed E-state index contributed by atoms with van der Waals surface area (Å²) in [6.07, 6.45) is -4.59. The van der Waals surface area contributed by atoms with Crippen molar-refractivity contribution in [2.75, 3.05) is 0 Å². The van der Waals surface area contributed by atoms with Crippen LogP contribution in [0.25, 0.3) is 0 Å². The van der Waals surface area contributed by atoms with Gasteiger partial charge in [-0.15, -0.1) is 0 Å². The number of phenols is 6. The van der Waals surface area contributed by atoms with Gasteiger partial charge in [-0.25, -0.2) is 0 Å². The summed E-state index contributed by atoms with van der Waals surface area (Å²) in [6, 6.07) is 15.5. The van der Waals surface area contributed by atoms with Crippen molar-refractivity contribution in [3.8, 4) is 46.0 Å². The maximum Gasteiger partial charge on any atom is 0.157 e. The average Bonchev–Trinajstić information content (AvgIpc) is 2.92. The fraction of sp³-hybridized carbons (Fsp3) is 0.200. The van der Waals surface area contributed by atoms with Crippen molar-refractivity contribution < 1.29 is 50.3 Å². The van der Waals surface area contributed by atoms with Crippen molar-refractivity contribution in [1.29, 1.82) is 0 Å². The van der Waals surface area contributed by atoms with E-state index in [1.807, 2.05) is 0 Å². The second-order valence-electron chi connectivity index (χ2n) is 10.0. The maximum atomic E-state index is 11.7. The van der Waals surface area contributed by atoms with Crippen LogP contribution in [0.4, 0.5) is 0 Å². The Morgan fingerprint density at radius 1 is 0.600 bits per heavy atom. The van der Waals surface area contributed by atoms with Crippen LogP contribution in [-0.2, 0) is 6.42 Å². The molecule has 8 N–H and O–H groups in total. The molecule has 0 saturated heterocycles. The third-order valence-electron chi connectivity index (χ3n) is 7.48. The SMILES string of the molecule is Oc1ccc([C@H]2Oc3cc(O)ccc3[C@@H](c3c(O)cc(O)c4c3O[C@H](c3ccc(O)c(O)c3)[C@H](O)C4)[C@H]2O)cc1. The molecular formula is C30H26O10. The number of ether oxygens (including phenoxy) is 2. The number of aliphatic hydroxyl groups excluding tert-OH is 2. The number of hydrogen-bond acceptors (Lipinski definition) is 10. The quantitative estimate of drug-likeness (QED) is 0.177. The molecule has 0 radical (unpaired) electrons. The van der Waals surface area contributed by atoms with Crippen LogP contribution in [0.1, 0.15) is 45.9 Å². The van der Waals surface area contributed by atoms with E-state index in [9.17, 15) is 40.9 Å². The van der Waals surface area contributed by atoms with Gasteiger partial charge in [-0.2, -0.15) is 0 Å². The lowest BCUT2D eigenvalue weighted by molar-refractivity contribution is 0.00192. The zero-order valence-electron chi connectivity index (χ0n) is 20.8. The molecule has 10 heteroatoms. The summed E-state index contributed by atoms with van der Waals surface area (Å²) in [5.41, 5.74) is 1.61. The highest BCUT2D eigenvalue weighted by atomic mass is 16.5. The van der Waals surface area contributed by atoms with Gasteiger partial charge in [0.05, 0.1) is 6.10 Å². The van der Waals surface area contributed by atoms with E-state index in [0.29, 0.717) is 16.7 Å². The molecule has 10 nitrogen and oxygen atoms in total. The van der Waals surface area contributed by atoms with Gasteiger partial charge >= 0.3 is 0 Å². The Hall–Kier alpha value is -4.80. The molecule has 0 amide bonds. The Balaban J connectivity index is 1.52. The second kappa shape index (κ2) is 9.44. The molecule has 2 aliphatic heterocycles. The first-order valence-electron chi connectivity index (χ1n) is 12.5. The minimum absolute atomic E-state index is 0.0205. The highest BCUT2D eigenvalue weighted by Gasteiger charge is 2.44. The number of rotatable bonds is 3. The van der Waals surface area contributed by atoms with Crippen molar-refractivity contribution in [2.45, 2.75) is 36.8 Å². The Kier molecular flexibility index (Phi) is 6.01. The topological polar surface area (TPSA) is 180 Å². The summed E-state index contributed by atoms with van der Waals surface area (Å²) >= 11 is 0. The Morgan fingerprint density at radius 3 is 2.02 bits per heavy atom. The van der Waals surface area contributed by atoms with E-state index >= 15 is 0 Å². The molecule has 6 rings (SSSR count). The van der Waals surface area contributed by atoms with Crippen LogP contribution in [-0.4, -0.2) is 53.1 Å². The lowest BCUT2D eigenvalue weighted by Gasteiger charge is -2.40. The number of aliphatic hydroxyl groups is 2. The zero-order chi connectivity index (χ0) is 28.3. The molecule has 4 aromatic rings. The molecule has 0 unspecified atom stereocenters. The Morgan fingerprint density at radius 2 is 1.30 bits per heavy atom. The van der Waals surface area contributed by atoms with Gasteiger partial charge in [0, 0.05) is 41.2 Å². The van der Waals surface area contributed by atoms with Crippen molar-refractivity contribution >= 4 is 0 Å². The van der Waals surface area contributed by atoms with E-state index in [2.05, 4.69) is 0 Å². The predicted molar refractivity (Wildman–Crippen MR) is 140 cm³/mol. The van der Waals surface area contributed by atoms with E-state index in [0.717, 1.165) is 6.07 Å². The highest BCUT2D eigenvalue weighted by molar-refractivity contribution is 5.63. The minimum Gasteiger partial charge on any atom is -0.508 e. The van der Waals surface area contributed by atoms with Crippen molar-refractivity contribution in [1.82, 2.24) is 0 Å². The van der Waals surface area contributed by atoms with E-state index in [4.69, 9.17) is 9.47 Å². The molecule has 0 aliphatic carbocycles. The van der Waals surface area contributed by atoms with Gasteiger partial charge in [-0.05, 0) is 41.5 Å². The molecule has 0 bridgehead atoms. The zero-order valence-corrected chi connectivity index (χ0v) is 20.8. The van der Waals surface area contributed by atoms with Gasteiger partial charge in [-0.3, -0.25) is 0 Å². The van der Waals surface area contributed by atoms with Crippen LogP contribution in [0.3, 0.4) is 0 Å². The van der Waals surface area contributed by atoms with Gasteiger partial charge in [0.15, 0.2) is 17.6 Å². The van der Waals surface area contributed by atoms with Gasteiger partial charge in [0.1, 0.15) is 46.7 Å². The molecule has 2 heterocycles. The molecule has 2 aliphatic rings. The number of benzene rings is 4. The maximum absolute atomic E-state index is 11.7. The fourth-order valence-corrected chi connectivity index (χ4v) is 5.55. The van der Waals surface area contributed by atoms with Gasteiger partial charge < -0.3 is 50.3 Å². The standard InChI is InChI=1S/C30H26O10/c31-15-4-1-13(2-5-15)29-27(38)25(17-7-6-16(32)10-24(17)39-29)26-22(36)12-20(34)18-11-23(37)28(40-30(18)26)14-3-8-19(33)21(35)9-14/h1-10,12,23,25,27-29,31-38H,11H2/t23-,25+,27-,28-,29-/m1/s1. The summed E-state index contributed by atoms with van der Waals surface area (Å²) in [5.74, 6) is -2.23. The van der Waals surface area contributed by atoms with Crippen LogP contribution in [0, 0.1) is 0 Å². The van der Waals surface area contributed by atoms with Gasteiger partial charge in [-0.1, -0.05) is 24.3 Å². The Labute approximate surface area is 227 Å². The molecule has 0 spiro atoms. The van der Waals surface area contributed by atoms with Crippen LogP contribution in [0.5, 0.6) is 46.0 Å². The number of fused-ring (bicyclic) bond motifs is 2. The first-order chi connectivity index (χ1) is 19.1. The predicted octanol–water partition coefficient (Wildman–Crippen LogP) is 3.58. The Bertz CT molecular complexity index is 1600. The van der Waals surface area contributed by atoms with Crippen molar-refractivity contribution in [3.63, 3.8) is 0 Å². The normalized spacial score (nSPS) is 23.4. The first kappa shape index (κ1) is 25.5. The van der Waals surface area contributed by atoms with Crippen LogP contribution < -0.4 is 9.47 Å². The van der Waals surface area contributed by atoms with E-state index < -0.39 is 36.1 Å². The molecule has 206 valence electrons. The van der Waals surface area contributed by atoms with Crippen LogP contribution in [0.15, 0.2) is 66.7 Å². The van der Waals surface area contributed by atoms with Crippen LogP contribution in [0.2, 0.25) is 0 Å². The third kappa shape index (κ3) is 4.14. The molecule has 40 heavy (non-hydrogen) atoms. The lowest BCUT2D eigenvalue weighted by atomic mass is 9.78. The lowest BCUT2D eigenvalue weighted by Crippen LogP contribution is -2.36. The third-order valence-corrected chi connectivity index (χ3v) is 7.48. The molecular weight excluding hydrogens is 520 g/mol. The molecule has 4 aromatic carbocycles. The van der Waals surface area contributed by atoms with Crippen molar-refractivity contribution in [2.24, 2.45) is 0 Å². The van der Waals surface area contributed by atoms with E-state index in [1.165, 1.54) is 42.5 Å². The van der Waals surface area contributed by atoms with Gasteiger partial charge in [0.2, 0.25) is 0 Å². The van der Waals surface area contributed by atoms with Crippen LogP contribution >= 0.6 is 0 Å². The molecule has 0 fully saturated rings. The van der Waals surface area contributed by atoms with E-state index in [-0.39, 0.29) is 57.8 Å². The summed E-state index contributed by atoms with van der Waals surface area (Å²) in [7, 11) is 0. The largest absolute Gasteiger partial charge is 0.508 e. The monoisotopic (exact) mass is 546 g/mol. The summed E-state index contributed by atoms with van der Waals surface area (Å²) in [6.45, 7) is 0. The summed E-state index contributed by atoms with van der Waals surface area (Å²) in [5, 5.41) is 84.2. The first-order valence-corrected chi connectivity index (χ1v) is 12.5. The smallest absolute Gasteiger partial charge is 0.157 e. The molecule has 5 atom stereocenters. The molecule has 0 saturated carbocycles. The number of hydrogen-bond donors (Lipinski definition) is 8. The minimum atomic E-state index is -1.31. The summed E-state index contributed by atoms with van der Waals surface area (Å²) < 4.78 is 12.3. The number of phenolic OH excluding ortho intramolecular Hbond substituents is 6. The van der Waals surface area contributed by atoms with E-state index in [1.54, 1.807) is 18.2 Å². The average molecular weight is 547 g/mol. The fourth-order valence-electron chi connectivity index (χ4n) is 5.55. The van der Waals surface area contributed by atoms with Crippen molar-refractivity contribution in [3.05, 3.63) is 94.5 Å².